The quantitative estimate of drug-likeness (QED) is 0.700. The van der Waals surface area contributed by atoms with Crippen molar-refractivity contribution >= 4 is 28.9 Å². The number of carbonyl (C=O) groups excluding carboxylic acids is 1. The van der Waals surface area contributed by atoms with Crippen LogP contribution in [0.5, 0.6) is 0 Å². The molecule has 0 spiro atoms. The lowest BCUT2D eigenvalue weighted by molar-refractivity contribution is -0.117. The van der Waals surface area contributed by atoms with Crippen molar-refractivity contribution in [1.82, 2.24) is 5.32 Å². The summed E-state index contributed by atoms with van der Waals surface area (Å²) in [5.74, 6) is 0.00969. The third kappa shape index (κ3) is 1.79. The molecular formula is C17H14N2OS. The van der Waals surface area contributed by atoms with Crippen molar-refractivity contribution in [1.29, 1.82) is 0 Å². The first-order valence-electron chi connectivity index (χ1n) is 7.01. The van der Waals surface area contributed by atoms with Gasteiger partial charge in [0.05, 0.1) is 5.69 Å². The number of carbonyl (C=O) groups is 1. The topological polar surface area (TPSA) is 32.3 Å². The van der Waals surface area contributed by atoms with Crippen molar-refractivity contribution in [2.75, 3.05) is 4.90 Å². The predicted octanol–water partition coefficient (Wildman–Crippen LogP) is 2.87. The fourth-order valence-corrected chi connectivity index (χ4v) is 3.49. The van der Waals surface area contributed by atoms with Gasteiger partial charge in [-0.3, -0.25) is 9.69 Å². The molecule has 4 rings (SSSR count). The Bertz CT molecular complexity index is 784. The van der Waals surface area contributed by atoms with E-state index in [1.54, 1.807) is 4.90 Å². The summed E-state index contributed by atoms with van der Waals surface area (Å²) >= 11 is 5.27. The summed E-state index contributed by atoms with van der Waals surface area (Å²) in [6.45, 7) is 1.83. The third-order valence-corrected chi connectivity index (χ3v) is 4.47. The van der Waals surface area contributed by atoms with Gasteiger partial charge >= 0.3 is 0 Å². The molecule has 1 unspecified atom stereocenters. The lowest BCUT2D eigenvalue weighted by Gasteiger charge is -2.16. The summed E-state index contributed by atoms with van der Waals surface area (Å²) in [4.78, 5) is 13.8. The maximum absolute atomic E-state index is 12.2. The molecule has 2 aromatic carbocycles. The minimum atomic E-state index is -0.247. The van der Waals surface area contributed by atoms with Crippen molar-refractivity contribution in [3.8, 4) is 11.1 Å². The molecule has 2 aromatic rings. The average molecular weight is 294 g/mol. The van der Waals surface area contributed by atoms with Gasteiger partial charge in [0.15, 0.2) is 5.11 Å². The maximum Gasteiger partial charge on any atom is 0.255 e. The fraction of sp³-hybridized carbons (Fsp3) is 0.176. The highest BCUT2D eigenvalue weighted by Crippen LogP contribution is 2.38. The van der Waals surface area contributed by atoms with Crippen LogP contribution in [-0.4, -0.2) is 17.1 Å². The Morgan fingerprint density at radius 2 is 1.90 bits per heavy atom. The normalized spacial score (nSPS) is 19.5. The van der Waals surface area contributed by atoms with Crippen LogP contribution in [0.2, 0.25) is 0 Å². The number of anilines is 1. The molecule has 1 atom stereocenters. The summed E-state index contributed by atoms with van der Waals surface area (Å²) < 4.78 is 0. The molecule has 1 amide bonds. The van der Waals surface area contributed by atoms with Crippen molar-refractivity contribution < 1.29 is 4.79 Å². The Kier molecular flexibility index (Phi) is 2.62. The molecular weight excluding hydrogens is 280 g/mol. The highest BCUT2D eigenvalue weighted by Gasteiger charge is 2.33. The Labute approximate surface area is 128 Å². The second kappa shape index (κ2) is 4.40. The van der Waals surface area contributed by atoms with Crippen molar-refractivity contribution in [2.24, 2.45) is 0 Å². The van der Waals surface area contributed by atoms with E-state index >= 15 is 0 Å². The molecule has 1 aliphatic heterocycles. The van der Waals surface area contributed by atoms with Crippen LogP contribution >= 0.6 is 12.2 Å². The smallest absolute Gasteiger partial charge is 0.255 e. The third-order valence-electron chi connectivity index (χ3n) is 4.17. The first kappa shape index (κ1) is 12.5. The molecule has 1 heterocycles. The van der Waals surface area contributed by atoms with Gasteiger partial charge in [-0.2, -0.15) is 0 Å². The van der Waals surface area contributed by atoms with E-state index in [9.17, 15) is 4.79 Å². The first-order chi connectivity index (χ1) is 10.1. The Morgan fingerprint density at radius 3 is 2.67 bits per heavy atom. The lowest BCUT2D eigenvalue weighted by atomic mass is 10.1. The van der Waals surface area contributed by atoms with Crippen LogP contribution in [0.4, 0.5) is 5.69 Å². The maximum atomic E-state index is 12.2. The number of benzene rings is 2. The van der Waals surface area contributed by atoms with Crippen molar-refractivity contribution in [3.63, 3.8) is 0 Å². The molecule has 21 heavy (non-hydrogen) atoms. The van der Waals surface area contributed by atoms with E-state index in [4.69, 9.17) is 12.2 Å². The first-order valence-corrected chi connectivity index (χ1v) is 7.41. The van der Waals surface area contributed by atoms with E-state index in [2.05, 4.69) is 41.7 Å². The zero-order chi connectivity index (χ0) is 14.6. The molecule has 1 aliphatic carbocycles. The average Bonchev–Trinajstić information content (AvgIpc) is 2.96. The number of fused-ring (bicyclic) bond motifs is 3. The number of amides is 1. The largest absolute Gasteiger partial charge is 0.350 e. The Balaban J connectivity index is 1.77. The van der Waals surface area contributed by atoms with Gasteiger partial charge in [0.25, 0.3) is 5.91 Å². The van der Waals surface area contributed by atoms with Gasteiger partial charge in [-0.05, 0) is 59.9 Å². The zero-order valence-corrected chi connectivity index (χ0v) is 12.4. The van der Waals surface area contributed by atoms with Gasteiger partial charge in [-0.15, -0.1) is 0 Å². The van der Waals surface area contributed by atoms with Gasteiger partial charge in [-0.25, -0.2) is 0 Å². The standard InChI is InChI=1S/C17H14N2OS/c1-10-16(20)19(17(21)18-10)13-6-7-15-12(9-13)8-11-4-2-3-5-14(11)15/h2-7,9-10H,8H2,1H3,(H,18,21). The van der Waals surface area contributed by atoms with Gasteiger partial charge in [0.2, 0.25) is 0 Å². The van der Waals surface area contributed by atoms with Crippen LogP contribution in [-0.2, 0) is 11.2 Å². The van der Waals surface area contributed by atoms with Crippen LogP contribution in [0.3, 0.4) is 0 Å². The van der Waals surface area contributed by atoms with Crippen molar-refractivity contribution in [2.45, 2.75) is 19.4 Å². The molecule has 1 fully saturated rings. The second-order valence-corrected chi connectivity index (χ2v) is 5.91. The van der Waals surface area contributed by atoms with Gasteiger partial charge in [-0.1, -0.05) is 30.3 Å². The van der Waals surface area contributed by atoms with Crippen LogP contribution < -0.4 is 10.2 Å². The number of hydrogen-bond donors (Lipinski definition) is 1. The van der Waals surface area contributed by atoms with E-state index in [1.165, 1.54) is 22.3 Å². The van der Waals surface area contributed by atoms with Gasteiger partial charge in [0.1, 0.15) is 6.04 Å². The molecule has 0 saturated carbocycles. The van der Waals surface area contributed by atoms with Crippen LogP contribution in [0.1, 0.15) is 18.1 Å². The number of hydrogen-bond acceptors (Lipinski definition) is 2. The summed E-state index contributed by atoms with van der Waals surface area (Å²) in [7, 11) is 0. The van der Waals surface area contributed by atoms with E-state index < -0.39 is 0 Å². The van der Waals surface area contributed by atoms with E-state index in [0.29, 0.717) is 5.11 Å². The van der Waals surface area contributed by atoms with Crippen LogP contribution in [0, 0.1) is 0 Å². The summed E-state index contributed by atoms with van der Waals surface area (Å²) in [6.07, 6.45) is 0.914. The highest BCUT2D eigenvalue weighted by molar-refractivity contribution is 7.80. The van der Waals surface area contributed by atoms with Crippen LogP contribution in [0.25, 0.3) is 11.1 Å². The lowest BCUT2D eigenvalue weighted by Crippen LogP contribution is -2.30. The molecule has 3 nitrogen and oxygen atoms in total. The minimum Gasteiger partial charge on any atom is -0.350 e. The van der Waals surface area contributed by atoms with Crippen molar-refractivity contribution in [3.05, 3.63) is 53.6 Å². The van der Waals surface area contributed by atoms with E-state index in [0.717, 1.165) is 12.1 Å². The molecule has 1 saturated heterocycles. The zero-order valence-electron chi connectivity index (χ0n) is 11.6. The Morgan fingerprint density at radius 1 is 1.14 bits per heavy atom. The molecule has 0 aromatic heterocycles. The summed E-state index contributed by atoms with van der Waals surface area (Å²) in [5, 5.41) is 3.50. The highest BCUT2D eigenvalue weighted by atomic mass is 32.1. The molecule has 104 valence electrons. The van der Waals surface area contributed by atoms with E-state index in [1.807, 2.05) is 13.0 Å². The second-order valence-electron chi connectivity index (χ2n) is 5.52. The van der Waals surface area contributed by atoms with Crippen LogP contribution in [0.15, 0.2) is 42.5 Å². The predicted molar refractivity (Wildman–Crippen MR) is 87.4 cm³/mol. The molecule has 4 heteroatoms. The molecule has 2 aliphatic rings. The van der Waals surface area contributed by atoms with Gasteiger partial charge < -0.3 is 5.32 Å². The Hall–Kier alpha value is -2.20. The van der Waals surface area contributed by atoms with E-state index in [-0.39, 0.29) is 11.9 Å². The monoisotopic (exact) mass is 294 g/mol. The molecule has 1 N–H and O–H groups in total. The molecule has 0 radical (unpaired) electrons. The SMILES string of the molecule is CC1NC(=S)N(c2ccc3c(c2)Cc2ccccc2-3)C1=O. The number of nitrogens with zero attached hydrogens (tertiary/aromatic N) is 1. The minimum absolute atomic E-state index is 0.00969. The number of rotatable bonds is 1. The fourth-order valence-electron chi connectivity index (χ4n) is 3.12. The number of thiocarbonyl (C=S) groups is 1. The molecule has 0 bridgehead atoms. The number of nitrogens with one attached hydrogen (secondary N) is 1. The summed E-state index contributed by atoms with van der Waals surface area (Å²) in [6, 6.07) is 14.3. The summed E-state index contributed by atoms with van der Waals surface area (Å²) in [5.41, 5.74) is 6.00. The van der Waals surface area contributed by atoms with Gasteiger partial charge in [0, 0.05) is 0 Å².